The van der Waals surface area contributed by atoms with Crippen LogP contribution in [0.5, 0.6) is 23.0 Å². The first-order valence-corrected chi connectivity index (χ1v) is 22.1. The Hall–Kier alpha value is -4.84. The van der Waals surface area contributed by atoms with Gasteiger partial charge in [-0.15, -0.1) is 0 Å². The molecule has 0 aromatic heterocycles. The molecule has 0 amide bonds. The van der Waals surface area contributed by atoms with E-state index in [-0.39, 0.29) is 77.8 Å². The maximum absolute atomic E-state index is 12.3. The summed E-state index contributed by atoms with van der Waals surface area (Å²) >= 11 is 0. The van der Waals surface area contributed by atoms with Gasteiger partial charge in [-0.25, -0.2) is 19.2 Å². The summed E-state index contributed by atoms with van der Waals surface area (Å²) in [4.78, 5) is 48.5. The molecule has 2 aromatic rings. The van der Waals surface area contributed by atoms with Crippen LogP contribution in [-0.2, 0) is 50.9 Å². The van der Waals surface area contributed by atoms with E-state index in [0.29, 0.717) is 59.4 Å². The monoisotopic (exact) mass is 950 g/mol. The lowest BCUT2D eigenvalue weighted by Gasteiger charge is -2.52. The number of hydrogen-bond donors (Lipinski definition) is 8. The van der Waals surface area contributed by atoms with Crippen LogP contribution in [0.4, 0.5) is 0 Å². The molecular formula is C46H62O21. The van der Waals surface area contributed by atoms with Crippen LogP contribution in [0, 0.1) is 11.8 Å². The van der Waals surface area contributed by atoms with Crippen molar-refractivity contribution < 1.29 is 103 Å². The molecule has 4 saturated heterocycles. The Morgan fingerprint density at radius 1 is 0.582 bits per heavy atom. The van der Waals surface area contributed by atoms with Gasteiger partial charge in [0.25, 0.3) is 0 Å². The summed E-state index contributed by atoms with van der Waals surface area (Å²) in [6, 6.07) is 3.23. The normalized spacial score (nSPS) is 36.9. The van der Waals surface area contributed by atoms with Gasteiger partial charge in [0.2, 0.25) is 11.6 Å². The number of fused-ring (bicyclic) bond motifs is 4. The molecule has 0 bridgehead atoms. The summed E-state index contributed by atoms with van der Waals surface area (Å²) in [5, 5.41) is 75.8. The number of esters is 4. The van der Waals surface area contributed by atoms with Gasteiger partial charge in [0.15, 0.2) is 24.4 Å². The first-order chi connectivity index (χ1) is 31.1. The molecule has 8 aliphatic heterocycles. The number of aromatic hydroxyl groups is 2. The average Bonchev–Trinajstić information content (AvgIpc) is 3.92. The number of benzene rings is 2. The van der Waals surface area contributed by atoms with Gasteiger partial charge in [0, 0.05) is 74.0 Å². The second-order valence-electron chi connectivity index (χ2n) is 18.8. The molecular weight excluding hydrogens is 888 g/mol. The number of ether oxygens (including phenoxy) is 8. The summed E-state index contributed by atoms with van der Waals surface area (Å²) in [5.74, 6) is -5.14. The lowest BCUT2D eigenvalue weighted by molar-refractivity contribution is -0.299. The third-order valence-corrected chi connectivity index (χ3v) is 13.8. The van der Waals surface area contributed by atoms with Crippen LogP contribution in [-0.4, -0.2) is 144 Å². The highest BCUT2D eigenvalue weighted by Gasteiger charge is 2.62. The summed E-state index contributed by atoms with van der Waals surface area (Å²) in [6.07, 6.45) is -4.23. The quantitative estimate of drug-likeness (QED) is 0.156. The van der Waals surface area contributed by atoms with Crippen molar-refractivity contribution in [1.82, 2.24) is 0 Å². The number of carbonyl (C=O) groups is 4. The second kappa shape index (κ2) is 18.6. The van der Waals surface area contributed by atoms with Gasteiger partial charge in [-0.3, -0.25) is 0 Å². The number of aliphatic hydroxyl groups is 6. The fraction of sp³-hybridized carbons (Fsp3) is 0.652. The topological polar surface area (TPSA) is 335 Å². The van der Waals surface area contributed by atoms with Crippen molar-refractivity contribution in [1.29, 1.82) is 0 Å². The van der Waals surface area contributed by atoms with E-state index in [1.54, 1.807) is 12.1 Å². The Bertz CT molecular complexity index is 2110. The Labute approximate surface area is 385 Å². The molecule has 67 heavy (non-hydrogen) atoms. The zero-order chi connectivity index (χ0) is 48.6. The number of hydrogen-bond acceptors (Lipinski definition) is 20. The highest BCUT2D eigenvalue weighted by Crippen LogP contribution is 2.56. The molecule has 372 valence electrons. The zero-order valence-corrected chi connectivity index (χ0v) is 38.6. The van der Waals surface area contributed by atoms with Crippen LogP contribution >= 0.6 is 0 Å². The molecule has 8 heterocycles. The average molecular weight is 951 g/mol. The molecule has 0 saturated carbocycles. The molecule has 4 fully saturated rings. The van der Waals surface area contributed by atoms with E-state index < -0.39 is 83.3 Å². The molecule has 21 heteroatoms. The molecule has 0 radical (unpaired) electrons. The standard InChI is InChI=1S/2C22H26O9.2CH4O.H2O/c2*1-9-4-12-15(5-13-16(17(12)25)20(27)28-18(13)11(3)23)30-22(9)8-21(6-10(2)29-22)7-14(24)19(26)31-21;2*1-2;/h2*5,9-11,14,18,23-25H,4,6-8H2,1-3H3;2*2H,1H3;1H2/t2*9-,10-,11-,14+,18+,21-,22+;;;/m00.../s1. The predicted molar refractivity (Wildman–Crippen MR) is 227 cm³/mol. The minimum absolute atomic E-state index is 0. The van der Waals surface area contributed by atoms with Gasteiger partial charge >= 0.3 is 23.9 Å². The van der Waals surface area contributed by atoms with Crippen LogP contribution in [0.2, 0.25) is 0 Å². The predicted octanol–water partition coefficient (Wildman–Crippen LogP) is 1.39. The largest absolute Gasteiger partial charge is 0.507 e. The highest BCUT2D eigenvalue weighted by atomic mass is 16.7. The van der Waals surface area contributed by atoms with Crippen LogP contribution in [0.15, 0.2) is 12.1 Å². The number of carbonyl (C=O) groups excluding carboxylic acids is 4. The minimum atomic E-state index is -1.17. The molecule has 0 aliphatic carbocycles. The van der Waals surface area contributed by atoms with Crippen LogP contribution < -0.4 is 9.47 Å². The summed E-state index contributed by atoms with van der Waals surface area (Å²) < 4.78 is 47.0. The van der Waals surface area contributed by atoms with E-state index in [2.05, 4.69) is 0 Å². The van der Waals surface area contributed by atoms with Crippen LogP contribution in [0.3, 0.4) is 0 Å². The maximum atomic E-state index is 12.3. The van der Waals surface area contributed by atoms with Crippen LogP contribution in [0.1, 0.15) is 135 Å². The smallest absolute Gasteiger partial charge is 0.343 e. The number of phenolic OH excluding ortho intramolecular Hbond substituents is 2. The third-order valence-electron chi connectivity index (χ3n) is 13.8. The minimum Gasteiger partial charge on any atom is -0.507 e. The van der Waals surface area contributed by atoms with Gasteiger partial charge in [-0.05, 0) is 52.7 Å². The lowest BCUT2D eigenvalue weighted by Crippen LogP contribution is -2.59. The number of aliphatic hydroxyl groups excluding tert-OH is 6. The number of rotatable bonds is 2. The zero-order valence-electron chi connectivity index (χ0n) is 38.6. The van der Waals surface area contributed by atoms with Crippen molar-refractivity contribution in [3.8, 4) is 23.0 Å². The fourth-order valence-electron chi connectivity index (χ4n) is 11.2. The first-order valence-electron chi connectivity index (χ1n) is 22.1. The lowest BCUT2D eigenvalue weighted by atomic mass is 9.75. The van der Waals surface area contributed by atoms with Crippen molar-refractivity contribution in [3.63, 3.8) is 0 Å². The summed E-state index contributed by atoms with van der Waals surface area (Å²) in [7, 11) is 2.00. The van der Waals surface area contributed by atoms with Gasteiger partial charge in [-0.2, -0.15) is 0 Å². The Morgan fingerprint density at radius 2 is 0.925 bits per heavy atom. The molecule has 21 nitrogen and oxygen atoms in total. The Morgan fingerprint density at radius 3 is 1.22 bits per heavy atom. The number of phenols is 2. The highest BCUT2D eigenvalue weighted by molar-refractivity contribution is 5.99. The van der Waals surface area contributed by atoms with Crippen molar-refractivity contribution >= 4 is 23.9 Å². The summed E-state index contributed by atoms with van der Waals surface area (Å²) in [6.45, 7) is 10.6. The van der Waals surface area contributed by atoms with E-state index in [0.717, 1.165) is 14.2 Å². The molecule has 14 atom stereocenters. The second-order valence-corrected chi connectivity index (χ2v) is 18.8. The summed E-state index contributed by atoms with van der Waals surface area (Å²) in [5.41, 5.74) is 0.000379. The molecule has 2 aromatic carbocycles. The maximum Gasteiger partial charge on any atom is 0.343 e. The Kier molecular flexibility index (Phi) is 14.3. The van der Waals surface area contributed by atoms with E-state index >= 15 is 0 Å². The van der Waals surface area contributed by atoms with Crippen molar-refractivity contribution in [2.45, 2.75) is 165 Å². The van der Waals surface area contributed by atoms with E-state index in [9.17, 15) is 49.8 Å². The van der Waals surface area contributed by atoms with Crippen molar-refractivity contribution in [3.05, 3.63) is 45.5 Å². The SMILES string of the molecule is CO.CO.C[C@H](O)[C@H]1OC(=O)c2c1cc1c(c2O)C[C@H](C)[C@@]2(C[C@@]3(C[C@@H](O)C(=O)O3)C[C@H](C)O2)O1.C[C@H](O)[C@H]1OC(=O)c2c1cc1c(c2O)C[C@H](C)[C@@]2(C[C@@]3(C[C@@H](O)C(=O)O3)C[C@H](C)O2)O1.O. The first kappa shape index (κ1) is 51.5. The van der Waals surface area contributed by atoms with Gasteiger partial charge in [-0.1, -0.05) is 13.8 Å². The van der Waals surface area contributed by atoms with Gasteiger partial charge in [0.05, 0.1) is 37.3 Å². The van der Waals surface area contributed by atoms with E-state index in [4.69, 9.17) is 48.1 Å². The van der Waals surface area contributed by atoms with Crippen LogP contribution in [0.25, 0.3) is 0 Å². The molecule has 4 spiro atoms. The van der Waals surface area contributed by atoms with Crippen molar-refractivity contribution in [2.75, 3.05) is 14.2 Å². The fourth-order valence-corrected chi connectivity index (χ4v) is 11.2. The Balaban J connectivity index is 0.000000203. The molecule has 8 aliphatic rings. The van der Waals surface area contributed by atoms with Gasteiger partial charge in [0.1, 0.15) is 45.3 Å². The molecule has 10 rings (SSSR count). The number of cyclic esters (lactones) is 2. The van der Waals surface area contributed by atoms with E-state index in [1.165, 1.54) is 13.8 Å². The van der Waals surface area contributed by atoms with E-state index in [1.807, 2.05) is 27.7 Å². The molecule has 0 unspecified atom stereocenters. The molecule has 10 N–H and O–H groups in total. The third kappa shape index (κ3) is 8.67. The van der Waals surface area contributed by atoms with Crippen molar-refractivity contribution in [2.24, 2.45) is 11.8 Å². The van der Waals surface area contributed by atoms with Gasteiger partial charge < -0.3 is 84.2 Å².